The minimum atomic E-state index is -5.49. The van der Waals surface area contributed by atoms with Gasteiger partial charge in [0.1, 0.15) is 5.60 Å². The van der Waals surface area contributed by atoms with E-state index >= 15 is 0 Å². The number of carbonyl (C=O) groups is 1. The van der Waals surface area contributed by atoms with Gasteiger partial charge in [0.15, 0.2) is 0 Å². The zero-order chi connectivity index (χ0) is 16.0. The first-order chi connectivity index (χ1) is 8.85. The Morgan fingerprint density at radius 1 is 1.05 bits per heavy atom. The molecule has 0 unspecified atom stereocenters. The zero-order valence-electron chi connectivity index (χ0n) is 11.7. The fraction of sp³-hybridized carbons (Fsp3) is 0.917. The molecule has 0 aromatic rings. The second-order valence-electron chi connectivity index (χ2n) is 5.30. The number of thioether (sulfide) groups is 1. The third-order valence-electron chi connectivity index (χ3n) is 2.08. The molecule has 0 aliphatic heterocycles. The van der Waals surface area contributed by atoms with Crippen molar-refractivity contribution in [1.29, 1.82) is 0 Å². The summed E-state index contributed by atoms with van der Waals surface area (Å²) in [5.41, 5.74) is -0.591. The van der Waals surface area contributed by atoms with E-state index in [2.05, 4.69) is 0 Å². The lowest BCUT2D eigenvalue weighted by molar-refractivity contribution is -0.284. The Balaban J connectivity index is 3.72. The number of hydrogen-bond acceptors (Lipinski definition) is 3. The summed E-state index contributed by atoms with van der Waals surface area (Å²) in [6.45, 7) is 5.15. The van der Waals surface area contributed by atoms with E-state index in [1.54, 1.807) is 20.8 Å². The van der Waals surface area contributed by atoms with E-state index in [0.717, 1.165) is 11.8 Å². The fourth-order valence-electron chi connectivity index (χ4n) is 1.22. The molecular weight excluding hydrogens is 303 g/mol. The van der Waals surface area contributed by atoms with Gasteiger partial charge in [-0.15, -0.1) is 0 Å². The lowest BCUT2D eigenvalue weighted by Crippen LogP contribution is -2.36. The number of carbonyl (C=O) groups excluding carboxylic acids is 1. The topological polar surface area (TPSA) is 26.3 Å². The molecule has 0 saturated heterocycles. The van der Waals surface area contributed by atoms with Crippen LogP contribution in [0.4, 0.5) is 22.0 Å². The predicted molar refractivity (Wildman–Crippen MR) is 68.0 cm³/mol. The SMILES string of the molecule is CC(C)(C)OC(=O)CSCCCCC(F)(F)C(F)(F)F. The Morgan fingerprint density at radius 2 is 1.60 bits per heavy atom. The van der Waals surface area contributed by atoms with Crippen molar-refractivity contribution in [3.8, 4) is 0 Å². The van der Waals surface area contributed by atoms with Crippen molar-refractivity contribution in [3.63, 3.8) is 0 Å². The van der Waals surface area contributed by atoms with Gasteiger partial charge in [0, 0.05) is 6.42 Å². The van der Waals surface area contributed by atoms with Crippen molar-refractivity contribution >= 4 is 17.7 Å². The summed E-state index contributed by atoms with van der Waals surface area (Å²) in [5.74, 6) is -4.66. The molecule has 0 amide bonds. The molecule has 0 saturated carbocycles. The van der Waals surface area contributed by atoms with E-state index in [1.165, 1.54) is 0 Å². The van der Waals surface area contributed by atoms with Crippen LogP contribution in [0.15, 0.2) is 0 Å². The standard InChI is InChI=1S/C12H19F5O2S/c1-10(2,3)19-9(18)8-20-7-5-4-6-11(13,14)12(15,16)17/h4-8H2,1-3H3. The number of halogens is 5. The number of esters is 1. The Bertz CT molecular complexity index is 310. The van der Waals surface area contributed by atoms with E-state index in [1.807, 2.05) is 0 Å². The molecule has 0 fully saturated rings. The highest BCUT2D eigenvalue weighted by molar-refractivity contribution is 7.99. The van der Waals surface area contributed by atoms with Crippen molar-refractivity contribution in [3.05, 3.63) is 0 Å². The third-order valence-corrected chi connectivity index (χ3v) is 3.10. The molecular formula is C12H19F5O2S. The van der Waals surface area contributed by atoms with E-state index in [-0.39, 0.29) is 18.6 Å². The molecule has 0 radical (unpaired) electrons. The quantitative estimate of drug-likeness (QED) is 0.394. The van der Waals surface area contributed by atoms with Crippen LogP contribution >= 0.6 is 11.8 Å². The van der Waals surface area contributed by atoms with Crippen LogP contribution in [0.3, 0.4) is 0 Å². The third kappa shape index (κ3) is 8.60. The normalized spacial score (nSPS) is 13.4. The number of hydrogen-bond donors (Lipinski definition) is 0. The molecule has 0 atom stereocenters. The minimum absolute atomic E-state index is 0.0624. The lowest BCUT2D eigenvalue weighted by atomic mass is 10.1. The average Bonchev–Trinajstić information content (AvgIpc) is 2.18. The van der Waals surface area contributed by atoms with Gasteiger partial charge >= 0.3 is 18.1 Å². The Hall–Kier alpha value is -0.530. The summed E-state index contributed by atoms with van der Waals surface area (Å²) in [5, 5.41) is 0. The van der Waals surface area contributed by atoms with Gasteiger partial charge in [-0.2, -0.15) is 33.7 Å². The Labute approximate surface area is 119 Å². The number of unbranched alkanes of at least 4 members (excludes halogenated alkanes) is 1. The maximum Gasteiger partial charge on any atom is 0.453 e. The van der Waals surface area contributed by atoms with E-state index < -0.39 is 30.1 Å². The maximum atomic E-state index is 12.5. The highest BCUT2D eigenvalue weighted by Crippen LogP contribution is 2.39. The summed E-state index contributed by atoms with van der Waals surface area (Å²) in [7, 11) is 0. The van der Waals surface area contributed by atoms with Crippen LogP contribution in [0.1, 0.15) is 40.0 Å². The molecule has 0 heterocycles. The molecule has 0 bridgehead atoms. The van der Waals surface area contributed by atoms with Gasteiger partial charge in [-0.1, -0.05) is 0 Å². The molecule has 0 aromatic carbocycles. The minimum Gasteiger partial charge on any atom is -0.459 e. The van der Waals surface area contributed by atoms with Gasteiger partial charge in [-0.05, 0) is 39.4 Å². The van der Waals surface area contributed by atoms with Crippen LogP contribution in [-0.4, -0.2) is 35.2 Å². The smallest absolute Gasteiger partial charge is 0.453 e. The lowest BCUT2D eigenvalue weighted by Gasteiger charge is -2.19. The van der Waals surface area contributed by atoms with Gasteiger partial charge in [0.05, 0.1) is 5.75 Å². The molecule has 0 rings (SSSR count). The predicted octanol–water partition coefficient (Wildman–Crippen LogP) is 4.43. The van der Waals surface area contributed by atoms with E-state index in [4.69, 9.17) is 4.74 Å². The van der Waals surface area contributed by atoms with E-state index in [0.29, 0.717) is 5.75 Å². The van der Waals surface area contributed by atoms with E-state index in [9.17, 15) is 26.7 Å². The second kappa shape index (κ2) is 7.47. The van der Waals surface area contributed by atoms with Crippen LogP contribution in [0.25, 0.3) is 0 Å². The molecule has 120 valence electrons. The van der Waals surface area contributed by atoms with Gasteiger partial charge in [-0.3, -0.25) is 4.79 Å². The first-order valence-corrected chi connectivity index (χ1v) is 7.25. The van der Waals surface area contributed by atoms with Crippen LogP contribution in [0.5, 0.6) is 0 Å². The van der Waals surface area contributed by atoms with Crippen molar-refractivity contribution in [2.24, 2.45) is 0 Å². The van der Waals surface area contributed by atoms with Crippen molar-refractivity contribution in [2.45, 2.75) is 57.7 Å². The second-order valence-corrected chi connectivity index (χ2v) is 6.40. The highest BCUT2D eigenvalue weighted by Gasteiger charge is 2.56. The highest BCUT2D eigenvalue weighted by atomic mass is 32.2. The van der Waals surface area contributed by atoms with Crippen LogP contribution < -0.4 is 0 Å². The van der Waals surface area contributed by atoms with Crippen LogP contribution in [-0.2, 0) is 9.53 Å². The van der Waals surface area contributed by atoms with Gasteiger partial charge < -0.3 is 4.74 Å². The van der Waals surface area contributed by atoms with Crippen molar-refractivity contribution in [1.82, 2.24) is 0 Å². The monoisotopic (exact) mass is 322 g/mol. The molecule has 8 heteroatoms. The summed E-state index contributed by atoms with van der Waals surface area (Å²) >= 11 is 1.16. The largest absolute Gasteiger partial charge is 0.459 e. The van der Waals surface area contributed by atoms with Crippen molar-refractivity contribution in [2.75, 3.05) is 11.5 Å². The number of rotatable bonds is 7. The summed E-state index contributed by atoms with van der Waals surface area (Å²) in [4.78, 5) is 11.3. The molecule has 0 aliphatic rings. The number of alkyl halides is 5. The Morgan fingerprint density at radius 3 is 2.05 bits per heavy atom. The Kier molecular flexibility index (Phi) is 7.27. The van der Waals surface area contributed by atoms with Crippen LogP contribution in [0.2, 0.25) is 0 Å². The zero-order valence-corrected chi connectivity index (χ0v) is 12.5. The summed E-state index contributed by atoms with van der Waals surface area (Å²) in [6, 6.07) is 0. The van der Waals surface area contributed by atoms with Gasteiger partial charge in [0.2, 0.25) is 0 Å². The van der Waals surface area contributed by atoms with Gasteiger partial charge in [-0.25, -0.2) is 0 Å². The van der Waals surface area contributed by atoms with Gasteiger partial charge in [0.25, 0.3) is 0 Å². The molecule has 0 spiro atoms. The molecule has 20 heavy (non-hydrogen) atoms. The molecule has 0 aromatic heterocycles. The fourth-order valence-corrected chi connectivity index (χ4v) is 2.00. The van der Waals surface area contributed by atoms with Crippen LogP contribution in [0, 0.1) is 0 Å². The molecule has 0 aliphatic carbocycles. The summed E-state index contributed by atoms with van der Waals surface area (Å²) in [6.07, 6.45) is -6.76. The molecule has 2 nitrogen and oxygen atoms in total. The summed E-state index contributed by atoms with van der Waals surface area (Å²) < 4.78 is 65.7. The first kappa shape index (κ1) is 19.5. The first-order valence-electron chi connectivity index (χ1n) is 6.09. The molecule has 0 N–H and O–H groups in total. The number of ether oxygens (including phenoxy) is 1. The maximum absolute atomic E-state index is 12.5. The van der Waals surface area contributed by atoms with Crippen molar-refractivity contribution < 1.29 is 31.5 Å². The average molecular weight is 322 g/mol.